The third kappa shape index (κ3) is 3.97. The third-order valence-electron chi connectivity index (χ3n) is 3.79. The molecule has 0 aliphatic carbocycles. The highest BCUT2D eigenvalue weighted by molar-refractivity contribution is 7.33. The lowest BCUT2D eigenvalue weighted by atomic mass is 10.4. The van der Waals surface area contributed by atoms with Gasteiger partial charge in [-0.2, -0.15) is 0 Å². The Labute approximate surface area is 110 Å². The molecule has 0 aromatic rings. The van der Waals surface area contributed by atoms with Gasteiger partial charge in [-0.25, -0.2) is 0 Å². The predicted molar refractivity (Wildman–Crippen MR) is 70.3 cm³/mol. The Bertz CT molecular complexity index is 252. The fraction of sp³-hybridized carbons (Fsp3) is 1.00. The largest absolute Gasteiger partial charge is 0.700 e. The van der Waals surface area contributed by atoms with Gasteiger partial charge in [0.2, 0.25) is 0 Å². The van der Waals surface area contributed by atoms with Crippen LogP contribution in [0.25, 0.3) is 0 Å². The summed E-state index contributed by atoms with van der Waals surface area (Å²) in [5.41, 5.74) is 0. The Hall–Kier alpha value is -0.0600. The van der Waals surface area contributed by atoms with Gasteiger partial charge in [-0.05, 0) is 39.5 Å². The van der Waals surface area contributed by atoms with E-state index in [4.69, 9.17) is 9.05 Å². The summed E-state index contributed by atoms with van der Waals surface area (Å²) in [6.07, 6.45) is 4.60. The van der Waals surface area contributed by atoms with Gasteiger partial charge in [-0.3, -0.25) is 9.80 Å². The van der Waals surface area contributed by atoms with E-state index < -0.39 is 8.25 Å². The highest BCUT2D eigenvalue weighted by Gasteiger charge is 2.34. The molecule has 0 bridgehead atoms. The van der Waals surface area contributed by atoms with Gasteiger partial charge < -0.3 is 0 Å². The Morgan fingerprint density at radius 2 is 1.17 bits per heavy atom. The first-order valence-electron chi connectivity index (χ1n) is 6.96. The van der Waals surface area contributed by atoms with Gasteiger partial charge in [0, 0.05) is 30.7 Å². The van der Waals surface area contributed by atoms with Crippen molar-refractivity contribution in [2.75, 3.05) is 26.2 Å². The molecule has 5 nitrogen and oxygen atoms in total. The van der Waals surface area contributed by atoms with Crippen molar-refractivity contribution in [2.24, 2.45) is 0 Å². The molecule has 2 rings (SSSR count). The summed E-state index contributed by atoms with van der Waals surface area (Å²) in [7, 11) is -2.02. The van der Waals surface area contributed by atoms with E-state index in [0.29, 0.717) is 0 Å². The molecule has 2 heterocycles. The van der Waals surface area contributed by atoms with Crippen LogP contribution < -0.4 is 0 Å². The van der Waals surface area contributed by atoms with Gasteiger partial charge in [0.15, 0.2) is 12.5 Å². The van der Waals surface area contributed by atoms with Crippen molar-refractivity contribution in [1.29, 1.82) is 0 Å². The number of hydrogen-bond acceptors (Lipinski definition) is 5. The van der Waals surface area contributed by atoms with Crippen molar-refractivity contribution in [1.82, 2.24) is 9.80 Å². The Morgan fingerprint density at radius 3 is 1.50 bits per heavy atom. The molecule has 2 aliphatic rings. The first-order valence-corrected chi connectivity index (χ1v) is 8.05. The molecule has 0 aromatic carbocycles. The van der Waals surface area contributed by atoms with Crippen LogP contribution in [0.5, 0.6) is 0 Å². The minimum atomic E-state index is -2.02. The lowest BCUT2D eigenvalue weighted by Crippen LogP contribution is -2.33. The second-order valence-electron chi connectivity index (χ2n) is 5.12. The molecule has 0 N–H and O–H groups in total. The molecule has 2 atom stereocenters. The first kappa shape index (κ1) is 14.4. The van der Waals surface area contributed by atoms with E-state index in [1.165, 1.54) is 25.7 Å². The summed E-state index contributed by atoms with van der Waals surface area (Å²) >= 11 is 0. The van der Waals surface area contributed by atoms with Gasteiger partial charge in [0.1, 0.15) is 0 Å². The summed E-state index contributed by atoms with van der Waals surface area (Å²) in [4.78, 5) is 4.41. The highest BCUT2D eigenvalue weighted by Crippen LogP contribution is 2.31. The fourth-order valence-corrected chi connectivity index (χ4v) is 3.43. The molecule has 104 valence electrons. The highest BCUT2D eigenvalue weighted by atomic mass is 31.1. The van der Waals surface area contributed by atoms with Crippen molar-refractivity contribution in [3.63, 3.8) is 0 Å². The lowest BCUT2D eigenvalue weighted by Gasteiger charge is -2.20. The van der Waals surface area contributed by atoms with Crippen molar-refractivity contribution in [3.05, 3.63) is 0 Å². The fourth-order valence-electron chi connectivity index (χ4n) is 2.62. The standard InChI is InChI=1S/C12H24N2O3P/c1-11(13-7-3-4-8-13)16-18(15)17-12(2)14-9-5-6-10-14/h11-12H,3-10H2,1-2H3/q+1. The number of likely N-dealkylation sites (tertiary alicyclic amines) is 2. The molecular formula is C12H24N2O3P+. The molecule has 18 heavy (non-hydrogen) atoms. The smallest absolute Gasteiger partial charge is 0.274 e. The van der Waals surface area contributed by atoms with Crippen molar-refractivity contribution >= 4 is 8.25 Å². The summed E-state index contributed by atoms with van der Waals surface area (Å²) < 4.78 is 22.7. The minimum Gasteiger partial charge on any atom is -0.274 e. The SMILES string of the molecule is CC(O[P+](=O)OC(C)N1CCCC1)N1CCCC1. The van der Waals surface area contributed by atoms with Gasteiger partial charge in [0.25, 0.3) is 0 Å². The summed E-state index contributed by atoms with van der Waals surface area (Å²) in [5.74, 6) is 0. The van der Waals surface area contributed by atoms with E-state index in [0.717, 1.165) is 26.2 Å². The Kier molecular flexibility index (Phi) is 5.52. The molecule has 0 amide bonds. The predicted octanol–water partition coefficient (Wildman–Crippen LogP) is 2.56. The number of nitrogens with zero attached hydrogens (tertiary/aromatic N) is 2. The summed E-state index contributed by atoms with van der Waals surface area (Å²) in [6, 6.07) is 0. The zero-order valence-electron chi connectivity index (χ0n) is 11.4. The van der Waals surface area contributed by atoms with Crippen LogP contribution in [-0.2, 0) is 13.6 Å². The van der Waals surface area contributed by atoms with Crippen LogP contribution in [0.3, 0.4) is 0 Å². The van der Waals surface area contributed by atoms with Gasteiger partial charge >= 0.3 is 8.25 Å². The normalized spacial score (nSPS) is 26.4. The summed E-state index contributed by atoms with van der Waals surface area (Å²) in [6.45, 7) is 8.03. The van der Waals surface area contributed by atoms with E-state index in [2.05, 4.69) is 9.80 Å². The average molecular weight is 275 g/mol. The zero-order valence-corrected chi connectivity index (χ0v) is 12.3. The molecule has 6 heteroatoms. The maximum Gasteiger partial charge on any atom is 0.700 e. The van der Waals surface area contributed by atoms with E-state index in [1.54, 1.807) is 0 Å². The molecule has 0 spiro atoms. The monoisotopic (exact) mass is 275 g/mol. The summed E-state index contributed by atoms with van der Waals surface area (Å²) in [5, 5.41) is 0. The van der Waals surface area contributed by atoms with E-state index >= 15 is 0 Å². The first-order chi connectivity index (χ1) is 8.66. The topological polar surface area (TPSA) is 42.0 Å². The lowest BCUT2D eigenvalue weighted by molar-refractivity contribution is 0.0121. The molecule has 0 radical (unpaired) electrons. The van der Waals surface area contributed by atoms with Crippen LogP contribution in [0, 0.1) is 0 Å². The van der Waals surface area contributed by atoms with E-state index in [-0.39, 0.29) is 12.5 Å². The van der Waals surface area contributed by atoms with Crippen molar-refractivity contribution in [2.45, 2.75) is 52.0 Å². The van der Waals surface area contributed by atoms with Crippen LogP contribution in [0.15, 0.2) is 0 Å². The zero-order chi connectivity index (χ0) is 13.0. The van der Waals surface area contributed by atoms with Crippen molar-refractivity contribution in [3.8, 4) is 0 Å². The second kappa shape index (κ2) is 6.92. The van der Waals surface area contributed by atoms with Gasteiger partial charge in [0.05, 0.1) is 0 Å². The third-order valence-corrected chi connectivity index (χ3v) is 4.74. The van der Waals surface area contributed by atoms with Gasteiger partial charge in [-0.15, -0.1) is 9.05 Å². The molecule has 0 aromatic heterocycles. The van der Waals surface area contributed by atoms with E-state index in [9.17, 15) is 4.57 Å². The Balaban J connectivity index is 1.70. The quantitative estimate of drug-likeness (QED) is 0.697. The Morgan fingerprint density at radius 1 is 0.833 bits per heavy atom. The molecule has 0 saturated carbocycles. The maximum atomic E-state index is 11.8. The second-order valence-corrected chi connectivity index (χ2v) is 5.99. The van der Waals surface area contributed by atoms with Crippen LogP contribution in [-0.4, -0.2) is 48.4 Å². The van der Waals surface area contributed by atoms with Crippen LogP contribution in [0.2, 0.25) is 0 Å². The van der Waals surface area contributed by atoms with Gasteiger partial charge in [-0.1, -0.05) is 0 Å². The van der Waals surface area contributed by atoms with Crippen LogP contribution in [0.1, 0.15) is 39.5 Å². The molecule has 2 unspecified atom stereocenters. The molecular weight excluding hydrogens is 251 g/mol. The van der Waals surface area contributed by atoms with Crippen LogP contribution >= 0.6 is 8.25 Å². The van der Waals surface area contributed by atoms with E-state index in [1.807, 2.05) is 13.8 Å². The minimum absolute atomic E-state index is 0.109. The molecule has 2 aliphatic heterocycles. The molecule has 2 fully saturated rings. The number of hydrogen-bond donors (Lipinski definition) is 0. The van der Waals surface area contributed by atoms with Crippen molar-refractivity contribution < 1.29 is 13.6 Å². The molecule has 2 saturated heterocycles. The van der Waals surface area contributed by atoms with Crippen LogP contribution in [0.4, 0.5) is 0 Å². The average Bonchev–Trinajstić information content (AvgIpc) is 3.02. The number of rotatable bonds is 6. The maximum absolute atomic E-state index is 11.8.